The molecule has 0 saturated heterocycles. The lowest BCUT2D eigenvalue weighted by Gasteiger charge is -1.97. The molecule has 0 N–H and O–H groups in total. The number of hydrogen-bond acceptors (Lipinski definition) is 4. The summed E-state index contributed by atoms with van der Waals surface area (Å²) < 4.78 is 24.2. The second-order valence-electron chi connectivity index (χ2n) is 8.27. The summed E-state index contributed by atoms with van der Waals surface area (Å²) in [4.78, 5) is 0. The monoisotopic (exact) mass is 418 g/mol. The summed E-state index contributed by atoms with van der Waals surface area (Å²) in [6.07, 6.45) is 0. The summed E-state index contributed by atoms with van der Waals surface area (Å²) in [5.74, 6) is 3.44. The third-order valence-corrected chi connectivity index (χ3v) is 6.13. The Bertz CT molecular complexity index is 1670. The highest BCUT2D eigenvalue weighted by atomic mass is 16.4. The molecule has 0 amide bonds. The van der Waals surface area contributed by atoms with Gasteiger partial charge in [-0.05, 0) is 74.5 Å². The topological polar surface area (TPSA) is 52.6 Å². The number of furan rings is 4. The number of hydrogen-bond donors (Lipinski definition) is 0. The van der Waals surface area contributed by atoms with Crippen LogP contribution in [0.2, 0.25) is 0 Å². The van der Waals surface area contributed by atoms with E-state index in [1.165, 1.54) is 0 Å². The minimum absolute atomic E-state index is 0.761. The Kier molecular flexibility index (Phi) is 3.37. The maximum absolute atomic E-state index is 6.33. The highest BCUT2D eigenvalue weighted by Crippen LogP contribution is 2.40. The van der Waals surface area contributed by atoms with Crippen LogP contribution >= 0.6 is 0 Å². The van der Waals surface area contributed by atoms with Gasteiger partial charge in [0.25, 0.3) is 0 Å². The molecule has 0 fully saturated rings. The largest absolute Gasteiger partial charge is 0.461 e. The summed E-state index contributed by atoms with van der Waals surface area (Å²) in [6.45, 7) is 3.89. The molecule has 0 aliphatic rings. The van der Waals surface area contributed by atoms with Crippen LogP contribution in [-0.2, 0) is 0 Å². The van der Waals surface area contributed by atoms with Crippen LogP contribution in [0.5, 0.6) is 0 Å². The van der Waals surface area contributed by atoms with Crippen molar-refractivity contribution < 1.29 is 17.7 Å². The molecule has 0 spiro atoms. The molecule has 4 heterocycles. The summed E-state index contributed by atoms with van der Waals surface area (Å²) in [5.41, 5.74) is 5.12. The zero-order chi connectivity index (χ0) is 21.4. The van der Waals surface area contributed by atoms with E-state index in [-0.39, 0.29) is 0 Å². The summed E-state index contributed by atoms with van der Waals surface area (Å²) in [7, 11) is 0. The average Bonchev–Trinajstić information content (AvgIpc) is 3.56. The molecule has 3 aromatic carbocycles. The summed E-state index contributed by atoms with van der Waals surface area (Å²) >= 11 is 0. The first kappa shape index (κ1) is 17.5. The fraction of sp³-hybridized carbons (Fsp3) is 0.0714. The van der Waals surface area contributed by atoms with Gasteiger partial charge < -0.3 is 17.7 Å². The first-order valence-electron chi connectivity index (χ1n) is 10.6. The quantitative estimate of drug-likeness (QED) is 0.282. The smallest absolute Gasteiger partial charge is 0.178 e. The molecular weight excluding hydrogens is 400 g/mol. The second kappa shape index (κ2) is 6.17. The maximum Gasteiger partial charge on any atom is 0.178 e. The maximum atomic E-state index is 6.33. The van der Waals surface area contributed by atoms with Crippen molar-refractivity contribution in [3.05, 3.63) is 84.3 Å². The normalized spacial score (nSPS) is 12.1. The molecule has 0 unspecified atom stereocenters. The van der Waals surface area contributed by atoms with E-state index in [1.54, 1.807) is 0 Å². The zero-order valence-corrected chi connectivity index (χ0v) is 17.6. The standard InChI is InChI=1S/C28H18O4/c1-15-3-11-23(29-15)17-5-7-19-21-9-10-22-20-8-6-18(24-12-4-16(2)30-24)14-26(20)32-28(22)27(21)31-25(19)13-17/h3-14H,1-2H3. The fourth-order valence-electron chi connectivity index (χ4n) is 4.55. The lowest BCUT2D eigenvalue weighted by Crippen LogP contribution is -1.74. The number of fused-ring (bicyclic) bond motifs is 7. The molecular formula is C28H18O4. The highest BCUT2D eigenvalue weighted by Gasteiger charge is 2.17. The van der Waals surface area contributed by atoms with Gasteiger partial charge in [0.15, 0.2) is 11.2 Å². The molecule has 0 saturated carbocycles. The zero-order valence-electron chi connectivity index (χ0n) is 17.6. The van der Waals surface area contributed by atoms with Crippen LogP contribution in [0.15, 0.2) is 90.5 Å². The Morgan fingerprint density at radius 2 is 0.875 bits per heavy atom. The van der Waals surface area contributed by atoms with Gasteiger partial charge >= 0.3 is 0 Å². The average molecular weight is 418 g/mol. The van der Waals surface area contributed by atoms with Crippen molar-refractivity contribution >= 4 is 43.9 Å². The molecule has 4 heteroatoms. The Hall–Kier alpha value is -4.18. The van der Waals surface area contributed by atoms with Crippen LogP contribution < -0.4 is 0 Å². The van der Waals surface area contributed by atoms with Crippen LogP contribution in [-0.4, -0.2) is 0 Å². The third kappa shape index (κ3) is 2.44. The minimum Gasteiger partial charge on any atom is -0.461 e. The van der Waals surface area contributed by atoms with Gasteiger partial charge in [-0.15, -0.1) is 0 Å². The number of rotatable bonds is 2. The molecule has 7 rings (SSSR count). The van der Waals surface area contributed by atoms with Crippen molar-refractivity contribution in [3.63, 3.8) is 0 Å². The predicted molar refractivity (Wildman–Crippen MR) is 126 cm³/mol. The van der Waals surface area contributed by atoms with Gasteiger partial charge in [-0.2, -0.15) is 0 Å². The van der Waals surface area contributed by atoms with Gasteiger partial charge in [-0.3, -0.25) is 0 Å². The van der Waals surface area contributed by atoms with Gasteiger partial charge in [0, 0.05) is 32.7 Å². The first-order chi connectivity index (χ1) is 15.6. The lowest BCUT2D eigenvalue weighted by atomic mass is 10.1. The summed E-state index contributed by atoms with van der Waals surface area (Å²) in [5, 5.41) is 4.19. The van der Waals surface area contributed by atoms with E-state index in [4.69, 9.17) is 17.7 Å². The number of aryl methyl sites for hydroxylation is 2. The molecule has 0 bridgehead atoms. The van der Waals surface area contributed by atoms with E-state index in [0.717, 1.165) is 78.0 Å². The van der Waals surface area contributed by atoms with E-state index >= 15 is 0 Å². The van der Waals surface area contributed by atoms with Crippen molar-refractivity contribution in [2.75, 3.05) is 0 Å². The lowest BCUT2D eigenvalue weighted by molar-refractivity contribution is 0.548. The van der Waals surface area contributed by atoms with Crippen LogP contribution in [0.25, 0.3) is 66.5 Å². The number of benzene rings is 3. The summed E-state index contributed by atoms with van der Waals surface area (Å²) in [6, 6.07) is 24.5. The first-order valence-corrected chi connectivity index (χ1v) is 10.6. The molecule has 154 valence electrons. The highest BCUT2D eigenvalue weighted by molar-refractivity contribution is 6.19. The SMILES string of the molecule is Cc1ccc(-c2ccc3c(c2)oc2c3ccc3c4ccc(-c5ccc(C)o5)cc4oc32)o1. The van der Waals surface area contributed by atoms with E-state index in [2.05, 4.69) is 36.4 Å². The van der Waals surface area contributed by atoms with Gasteiger partial charge in [-0.1, -0.05) is 12.1 Å². The van der Waals surface area contributed by atoms with Crippen molar-refractivity contribution in [2.45, 2.75) is 13.8 Å². The molecule has 0 aliphatic heterocycles. The van der Waals surface area contributed by atoms with Gasteiger partial charge in [0.05, 0.1) is 0 Å². The molecule has 0 aliphatic carbocycles. The van der Waals surface area contributed by atoms with Crippen molar-refractivity contribution in [1.29, 1.82) is 0 Å². The third-order valence-electron chi connectivity index (χ3n) is 6.13. The van der Waals surface area contributed by atoms with Crippen molar-refractivity contribution in [3.8, 4) is 22.6 Å². The molecule has 32 heavy (non-hydrogen) atoms. The van der Waals surface area contributed by atoms with Crippen LogP contribution in [0.1, 0.15) is 11.5 Å². The Morgan fingerprint density at radius 1 is 0.438 bits per heavy atom. The predicted octanol–water partition coefficient (Wildman–Crippen LogP) is 8.62. The molecule has 0 atom stereocenters. The van der Waals surface area contributed by atoms with Gasteiger partial charge in [0.2, 0.25) is 0 Å². The van der Waals surface area contributed by atoms with E-state index in [0.29, 0.717) is 0 Å². The molecule has 4 aromatic heterocycles. The van der Waals surface area contributed by atoms with Crippen LogP contribution in [0.3, 0.4) is 0 Å². The van der Waals surface area contributed by atoms with Crippen molar-refractivity contribution in [1.82, 2.24) is 0 Å². The van der Waals surface area contributed by atoms with E-state index < -0.39 is 0 Å². The molecule has 7 aromatic rings. The van der Waals surface area contributed by atoms with Gasteiger partial charge in [-0.25, -0.2) is 0 Å². The van der Waals surface area contributed by atoms with E-state index in [9.17, 15) is 0 Å². The van der Waals surface area contributed by atoms with Crippen LogP contribution in [0, 0.1) is 13.8 Å². The molecule has 4 nitrogen and oxygen atoms in total. The van der Waals surface area contributed by atoms with Crippen molar-refractivity contribution in [2.24, 2.45) is 0 Å². The second-order valence-corrected chi connectivity index (χ2v) is 8.27. The Balaban J connectivity index is 1.45. The fourth-order valence-corrected chi connectivity index (χ4v) is 4.55. The minimum atomic E-state index is 0.761. The van der Waals surface area contributed by atoms with Gasteiger partial charge in [0.1, 0.15) is 34.2 Å². The molecule has 0 radical (unpaired) electrons. The van der Waals surface area contributed by atoms with E-state index in [1.807, 2.05) is 50.2 Å². The van der Waals surface area contributed by atoms with Crippen LogP contribution in [0.4, 0.5) is 0 Å². The Labute approximate surface area is 182 Å². The Morgan fingerprint density at radius 3 is 1.28 bits per heavy atom.